The van der Waals surface area contributed by atoms with Crippen LogP contribution in [0.5, 0.6) is 0 Å². The molecular formula is C8H15N3S. The lowest BCUT2D eigenvalue weighted by Crippen LogP contribution is -2.35. The number of thiocyanates is 1. The first-order valence-electron chi connectivity index (χ1n) is 3.87. The third-order valence-electron chi connectivity index (χ3n) is 1.56. The van der Waals surface area contributed by atoms with Gasteiger partial charge in [-0.2, -0.15) is 5.26 Å². The molecule has 0 aromatic rings. The van der Waals surface area contributed by atoms with Crippen LogP contribution in [0.3, 0.4) is 0 Å². The summed E-state index contributed by atoms with van der Waals surface area (Å²) in [5.41, 5.74) is 0. The van der Waals surface area contributed by atoms with Crippen molar-refractivity contribution in [3.05, 3.63) is 12.3 Å². The van der Waals surface area contributed by atoms with E-state index in [9.17, 15) is 0 Å². The van der Waals surface area contributed by atoms with Crippen molar-refractivity contribution in [3.63, 3.8) is 0 Å². The highest BCUT2D eigenvalue weighted by molar-refractivity contribution is 7.85. The van der Waals surface area contributed by atoms with Gasteiger partial charge in [0.1, 0.15) is 5.40 Å². The van der Waals surface area contributed by atoms with E-state index in [0.29, 0.717) is 0 Å². The van der Waals surface area contributed by atoms with Crippen LogP contribution in [0, 0.1) is 10.7 Å². The van der Waals surface area contributed by atoms with E-state index >= 15 is 0 Å². The van der Waals surface area contributed by atoms with Gasteiger partial charge in [-0.05, 0) is 20.2 Å². The number of nitriles is 1. The van der Waals surface area contributed by atoms with Crippen LogP contribution in [0.4, 0.5) is 0 Å². The fraction of sp³-hybridized carbons (Fsp3) is 0.625. The second-order valence-electron chi connectivity index (χ2n) is 2.57. The second-order valence-corrected chi connectivity index (χ2v) is 2.77. The van der Waals surface area contributed by atoms with Gasteiger partial charge in [0.05, 0.1) is 6.67 Å². The summed E-state index contributed by atoms with van der Waals surface area (Å²) in [6, 6.07) is 0. The SMILES string of the molecule is CCN1C=CCN(C)C1.N#CS. The molecule has 0 bridgehead atoms. The van der Waals surface area contributed by atoms with Crippen molar-refractivity contribution in [2.45, 2.75) is 6.92 Å². The normalized spacial score (nSPS) is 16.3. The molecule has 0 saturated heterocycles. The molecule has 0 aromatic carbocycles. The van der Waals surface area contributed by atoms with Crippen molar-refractivity contribution < 1.29 is 0 Å². The minimum Gasteiger partial charge on any atom is -0.365 e. The Hall–Kier alpha value is -0.660. The molecule has 1 aliphatic rings. The summed E-state index contributed by atoms with van der Waals surface area (Å²) in [7, 11) is 2.13. The lowest BCUT2D eigenvalue weighted by Gasteiger charge is -2.28. The van der Waals surface area contributed by atoms with Crippen molar-refractivity contribution in [2.24, 2.45) is 0 Å². The van der Waals surface area contributed by atoms with E-state index < -0.39 is 0 Å². The summed E-state index contributed by atoms with van der Waals surface area (Å²) in [6.45, 7) is 5.45. The van der Waals surface area contributed by atoms with Crippen molar-refractivity contribution in [3.8, 4) is 5.40 Å². The maximum Gasteiger partial charge on any atom is 0.130 e. The largest absolute Gasteiger partial charge is 0.365 e. The molecule has 0 atom stereocenters. The molecule has 1 aliphatic heterocycles. The molecule has 1 heterocycles. The van der Waals surface area contributed by atoms with Gasteiger partial charge in [0.15, 0.2) is 0 Å². The molecule has 0 N–H and O–H groups in total. The van der Waals surface area contributed by atoms with E-state index in [4.69, 9.17) is 5.26 Å². The van der Waals surface area contributed by atoms with Crippen molar-refractivity contribution in [1.29, 1.82) is 5.26 Å². The first-order chi connectivity index (χ1) is 5.74. The van der Waals surface area contributed by atoms with E-state index in [0.717, 1.165) is 19.8 Å². The van der Waals surface area contributed by atoms with Crippen LogP contribution in [0.15, 0.2) is 12.3 Å². The minimum absolute atomic E-state index is 1.08. The van der Waals surface area contributed by atoms with Gasteiger partial charge < -0.3 is 4.90 Å². The number of thiol groups is 1. The summed E-state index contributed by atoms with van der Waals surface area (Å²) in [6.07, 6.45) is 4.35. The maximum atomic E-state index is 7.18. The van der Waals surface area contributed by atoms with Crippen LogP contribution < -0.4 is 0 Å². The minimum atomic E-state index is 1.08. The van der Waals surface area contributed by atoms with Crippen LogP contribution in [0.25, 0.3) is 0 Å². The van der Waals surface area contributed by atoms with Crippen molar-refractivity contribution >= 4 is 12.6 Å². The summed E-state index contributed by atoms with van der Waals surface area (Å²) in [4.78, 5) is 4.56. The first kappa shape index (κ1) is 11.3. The Morgan fingerprint density at radius 2 is 2.25 bits per heavy atom. The molecule has 0 amide bonds. The van der Waals surface area contributed by atoms with Gasteiger partial charge in [-0.25, -0.2) is 0 Å². The molecule has 0 saturated carbocycles. The standard InChI is InChI=1S/C7H14N2.CHNS/c1-3-9-6-4-5-8(2)7-9;2-1-3/h4,6H,3,5,7H2,1-2H3;3H. The first-order valence-corrected chi connectivity index (χ1v) is 4.31. The number of hydrogen-bond acceptors (Lipinski definition) is 4. The zero-order chi connectivity index (χ0) is 9.40. The van der Waals surface area contributed by atoms with E-state index in [1.165, 1.54) is 5.40 Å². The fourth-order valence-corrected chi connectivity index (χ4v) is 0.997. The summed E-state index contributed by atoms with van der Waals surface area (Å²) < 4.78 is 0. The highest BCUT2D eigenvalue weighted by Gasteiger charge is 2.03. The lowest BCUT2D eigenvalue weighted by molar-refractivity contribution is 0.207. The highest BCUT2D eigenvalue weighted by atomic mass is 32.1. The van der Waals surface area contributed by atoms with Gasteiger partial charge in [-0.3, -0.25) is 4.90 Å². The maximum absolute atomic E-state index is 7.18. The highest BCUT2D eigenvalue weighted by Crippen LogP contribution is 1.98. The molecule has 0 aromatic heterocycles. The average Bonchev–Trinajstić information content (AvgIpc) is 2.06. The molecule has 1 rings (SSSR count). The molecular weight excluding hydrogens is 170 g/mol. The Kier molecular flexibility index (Phi) is 6.63. The quantitative estimate of drug-likeness (QED) is 0.490. The molecule has 12 heavy (non-hydrogen) atoms. The molecule has 3 nitrogen and oxygen atoms in total. The van der Waals surface area contributed by atoms with Gasteiger partial charge in [0.2, 0.25) is 0 Å². The van der Waals surface area contributed by atoms with Crippen LogP contribution >= 0.6 is 12.6 Å². The van der Waals surface area contributed by atoms with Gasteiger partial charge in [0.25, 0.3) is 0 Å². The Labute approximate surface area is 79.7 Å². The Morgan fingerprint density at radius 1 is 1.67 bits per heavy atom. The number of likely N-dealkylation sites (N-methyl/N-ethyl adjacent to an activating group) is 1. The molecule has 4 heteroatoms. The van der Waals surface area contributed by atoms with Crippen molar-refractivity contribution in [1.82, 2.24) is 9.80 Å². The predicted octanol–water partition coefficient (Wildman–Crippen LogP) is 1.12. The van der Waals surface area contributed by atoms with E-state index in [-0.39, 0.29) is 0 Å². The predicted molar refractivity (Wildman–Crippen MR) is 53.6 cm³/mol. The summed E-state index contributed by atoms with van der Waals surface area (Å²) in [5.74, 6) is 0. The zero-order valence-electron chi connectivity index (χ0n) is 7.56. The smallest absolute Gasteiger partial charge is 0.130 e. The summed E-state index contributed by atoms with van der Waals surface area (Å²) >= 11 is 3.09. The summed E-state index contributed by atoms with van der Waals surface area (Å²) in [5, 5.41) is 8.63. The number of nitrogens with zero attached hydrogens (tertiary/aromatic N) is 3. The van der Waals surface area contributed by atoms with E-state index in [1.54, 1.807) is 0 Å². The monoisotopic (exact) mass is 185 g/mol. The third-order valence-corrected chi connectivity index (χ3v) is 1.56. The molecule has 0 aliphatic carbocycles. The van der Waals surface area contributed by atoms with Gasteiger partial charge in [0, 0.05) is 13.1 Å². The molecule has 0 unspecified atom stereocenters. The topological polar surface area (TPSA) is 30.3 Å². The number of rotatable bonds is 1. The molecule has 0 spiro atoms. The van der Waals surface area contributed by atoms with E-state index in [1.807, 2.05) is 0 Å². The van der Waals surface area contributed by atoms with Gasteiger partial charge in [-0.15, -0.1) is 0 Å². The fourth-order valence-electron chi connectivity index (χ4n) is 0.997. The zero-order valence-corrected chi connectivity index (χ0v) is 8.46. The Balaban J connectivity index is 0.000000354. The van der Waals surface area contributed by atoms with Crippen molar-refractivity contribution in [2.75, 3.05) is 26.8 Å². The van der Waals surface area contributed by atoms with Gasteiger partial charge in [-0.1, -0.05) is 18.7 Å². The molecule has 0 radical (unpaired) electrons. The molecule has 0 fully saturated rings. The van der Waals surface area contributed by atoms with Gasteiger partial charge >= 0.3 is 0 Å². The average molecular weight is 185 g/mol. The second kappa shape index (κ2) is 7.01. The molecule has 68 valence electrons. The van der Waals surface area contributed by atoms with Crippen LogP contribution in [-0.4, -0.2) is 36.6 Å². The Bertz CT molecular complexity index is 174. The Morgan fingerprint density at radius 3 is 2.58 bits per heavy atom. The van der Waals surface area contributed by atoms with Crippen LogP contribution in [0.1, 0.15) is 6.92 Å². The number of hydrogen-bond donors (Lipinski definition) is 1. The third kappa shape index (κ3) is 5.05. The van der Waals surface area contributed by atoms with Crippen LogP contribution in [0.2, 0.25) is 0 Å². The van der Waals surface area contributed by atoms with Crippen LogP contribution in [-0.2, 0) is 0 Å². The van der Waals surface area contributed by atoms with E-state index in [2.05, 4.69) is 48.7 Å². The lowest BCUT2D eigenvalue weighted by atomic mass is 10.4.